The summed E-state index contributed by atoms with van der Waals surface area (Å²) >= 11 is 0. The Morgan fingerprint density at radius 3 is 2.43 bits per heavy atom. The number of benzene rings is 1. The van der Waals surface area contributed by atoms with E-state index in [1.165, 1.54) is 11.1 Å². The van der Waals surface area contributed by atoms with Crippen molar-refractivity contribution in [2.24, 2.45) is 5.92 Å². The number of nitrogens with zero attached hydrogens (tertiary/aromatic N) is 4. The molecular formula is C24H31N5O. The molecule has 6 rings (SSSR count). The van der Waals surface area contributed by atoms with Crippen molar-refractivity contribution in [2.45, 2.75) is 18.0 Å². The molecule has 4 fully saturated rings. The summed E-state index contributed by atoms with van der Waals surface area (Å²) in [5.74, 6) is 0.604. The Labute approximate surface area is 178 Å². The molecule has 1 N–H and O–H groups in total. The van der Waals surface area contributed by atoms with Crippen molar-refractivity contribution >= 4 is 5.91 Å². The van der Waals surface area contributed by atoms with Gasteiger partial charge in [-0.15, -0.1) is 0 Å². The number of aromatic nitrogens is 1. The number of fused-ring (bicyclic) bond motifs is 1. The number of nitrogens with one attached hydrogen (secondary N) is 1. The largest absolute Gasteiger partial charge is 0.351 e. The van der Waals surface area contributed by atoms with Gasteiger partial charge in [-0.1, -0.05) is 30.3 Å². The Morgan fingerprint density at radius 2 is 1.77 bits per heavy atom. The number of rotatable bonds is 6. The van der Waals surface area contributed by atoms with Crippen LogP contribution in [0.15, 0.2) is 54.9 Å². The number of likely N-dealkylation sites (N-methyl/N-ethyl adjacent to an activating group) is 1. The fourth-order valence-corrected chi connectivity index (χ4v) is 5.89. The lowest BCUT2D eigenvalue weighted by Gasteiger charge is -2.56. The van der Waals surface area contributed by atoms with E-state index in [-0.39, 0.29) is 17.4 Å². The summed E-state index contributed by atoms with van der Waals surface area (Å²) in [4.78, 5) is 24.5. The van der Waals surface area contributed by atoms with Crippen molar-refractivity contribution in [2.75, 3.05) is 52.9 Å². The second-order valence-electron chi connectivity index (χ2n) is 9.33. The second-order valence-corrected chi connectivity index (χ2v) is 9.33. The lowest BCUT2D eigenvalue weighted by molar-refractivity contribution is -0.125. The van der Waals surface area contributed by atoms with E-state index in [0.29, 0.717) is 12.5 Å². The van der Waals surface area contributed by atoms with Gasteiger partial charge in [0.2, 0.25) is 5.91 Å². The Hall–Kier alpha value is -2.28. The van der Waals surface area contributed by atoms with Gasteiger partial charge in [-0.2, -0.15) is 0 Å². The molecule has 4 aliphatic rings. The van der Waals surface area contributed by atoms with Crippen LogP contribution in [0.5, 0.6) is 0 Å². The van der Waals surface area contributed by atoms with Gasteiger partial charge in [-0.3, -0.25) is 14.7 Å². The van der Waals surface area contributed by atoms with Crippen molar-refractivity contribution in [1.29, 1.82) is 0 Å². The predicted molar refractivity (Wildman–Crippen MR) is 117 cm³/mol. The molecule has 2 aromatic rings. The number of carbonyl (C=O) groups is 1. The van der Waals surface area contributed by atoms with E-state index in [9.17, 15) is 4.79 Å². The second kappa shape index (κ2) is 8.10. The third-order valence-electron chi connectivity index (χ3n) is 7.08. The molecule has 6 heteroatoms. The standard InChI is InChI=1S/C24H31N5O/c1-27(13-19-7-9-25-10-8-19)16-22(30)26-23-20-14-28-11-12-29(15-20)18-24(23,17-28)21-5-3-2-4-6-21/h2-10,20,23H,11-18H2,1H3,(H,26,30)/t20?,23-,24?/m1/s1. The normalized spacial score (nSPS) is 32.2. The predicted octanol–water partition coefficient (Wildman–Crippen LogP) is 1.20. The van der Waals surface area contributed by atoms with E-state index < -0.39 is 0 Å². The van der Waals surface area contributed by atoms with Crippen molar-refractivity contribution in [3.63, 3.8) is 0 Å². The van der Waals surface area contributed by atoms with Gasteiger partial charge in [0.15, 0.2) is 0 Å². The Morgan fingerprint density at radius 1 is 1.10 bits per heavy atom. The lowest BCUT2D eigenvalue weighted by atomic mass is 9.64. The average molecular weight is 406 g/mol. The Balaban J connectivity index is 1.34. The smallest absolute Gasteiger partial charge is 0.234 e. The van der Waals surface area contributed by atoms with Gasteiger partial charge >= 0.3 is 0 Å². The van der Waals surface area contributed by atoms with Crippen LogP contribution in [0.4, 0.5) is 0 Å². The van der Waals surface area contributed by atoms with Gasteiger partial charge in [-0.05, 0) is 30.3 Å². The zero-order valence-electron chi connectivity index (χ0n) is 17.7. The SMILES string of the molecule is CN(CC(=O)N[C@@H]1C2CN3CCN(C2)CC1(c1ccccc1)C3)Cc1ccncc1. The van der Waals surface area contributed by atoms with Gasteiger partial charge in [0.1, 0.15) is 0 Å². The van der Waals surface area contributed by atoms with E-state index in [2.05, 4.69) is 55.3 Å². The van der Waals surface area contributed by atoms with Gasteiger partial charge in [0, 0.05) is 75.6 Å². The molecule has 1 aromatic heterocycles. The van der Waals surface area contributed by atoms with E-state index in [1.807, 2.05) is 19.2 Å². The minimum absolute atomic E-state index is 0.0295. The highest BCUT2D eigenvalue weighted by atomic mass is 16.2. The lowest BCUT2D eigenvalue weighted by Crippen LogP contribution is -2.71. The van der Waals surface area contributed by atoms with Gasteiger partial charge in [0.25, 0.3) is 0 Å². The molecule has 4 aliphatic heterocycles. The highest BCUT2D eigenvalue weighted by Crippen LogP contribution is 2.43. The molecule has 4 saturated heterocycles. The van der Waals surface area contributed by atoms with Crippen LogP contribution in [-0.2, 0) is 16.8 Å². The first-order chi connectivity index (χ1) is 14.6. The first kappa shape index (κ1) is 19.7. The van der Waals surface area contributed by atoms with Crippen LogP contribution in [0.1, 0.15) is 11.1 Å². The van der Waals surface area contributed by atoms with Gasteiger partial charge in [-0.25, -0.2) is 0 Å². The molecule has 0 saturated carbocycles. The van der Waals surface area contributed by atoms with Crippen LogP contribution in [0.2, 0.25) is 0 Å². The molecule has 30 heavy (non-hydrogen) atoms. The average Bonchev–Trinajstić information content (AvgIpc) is 3.00. The van der Waals surface area contributed by atoms with Crippen LogP contribution >= 0.6 is 0 Å². The maximum Gasteiger partial charge on any atom is 0.234 e. The molecule has 1 amide bonds. The maximum absolute atomic E-state index is 13.1. The Bertz CT molecular complexity index is 858. The molecule has 158 valence electrons. The first-order valence-corrected chi connectivity index (χ1v) is 11.0. The van der Waals surface area contributed by atoms with Crippen molar-refractivity contribution < 1.29 is 4.79 Å². The molecular weight excluding hydrogens is 374 g/mol. The number of carbonyl (C=O) groups excluding carboxylic acids is 1. The molecule has 0 radical (unpaired) electrons. The maximum atomic E-state index is 13.1. The summed E-state index contributed by atoms with van der Waals surface area (Å²) in [6, 6.07) is 15.1. The highest BCUT2D eigenvalue weighted by Gasteiger charge is 2.55. The summed E-state index contributed by atoms with van der Waals surface area (Å²) in [7, 11) is 2.01. The number of amides is 1. The minimum Gasteiger partial charge on any atom is -0.351 e. The summed E-state index contributed by atoms with van der Waals surface area (Å²) in [6.07, 6.45) is 3.60. The zero-order chi connectivity index (χ0) is 20.6. The van der Waals surface area contributed by atoms with E-state index in [1.54, 1.807) is 12.4 Å². The number of hydrogen-bond acceptors (Lipinski definition) is 5. The molecule has 4 bridgehead atoms. The summed E-state index contributed by atoms with van der Waals surface area (Å²) in [6.45, 7) is 7.66. The van der Waals surface area contributed by atoms with Gasteiger partial charge in [0.05, 0.1) is 6.54 Å². The molecule has 3 atom stereocenters. The molecule has 1 aromatic carbocycles. The summed E-state index contributed by atoms with van der Waals surface area (Å²) in [5.41, 5.74) is 2.51. The minimum atomic E-state index is -0.0295. The fourth-order valence-electron chi connectivity index (χ4n) is 5.89. The zero-order valence-corrected chi connectivity index (χ0v) is 17.7. The highest BCUT2D eigenvalue weighted by molar-refractivity contribution is 5.78. The van der Waals surface area contributed by atoms with Crippen molar-refractivity contribution in [3.8, 4) is 0 Å². The van der Waals surface area contributed by atoms with Crippen LogP contribution in [0.25, 0.3) is 0 Å². The van der Waals surface area contributed by atoms with Crippen molar-refractivity contribution in [3.05, 3.63) is 66.0 Å². The van der Waals surface area contributed by atoms with E-state index in [4.69, 9.17) is 0 Å². The van der Waals surface area contributed by atoms with Crippen LogP contribution in [0, 0.1) is 5.92 Å². The number of hydrogen-bond donors (Lipinski definition) is 1. The molecule has 0 aliphatic carbocycles. The molecule has 5 heterocycles. The van der Waals surface area contributed by atoms with Gasteiger partial charge < -0.3 is 15.1 Å². The quantitative estimate of drug-likeness (QED) is 0.783. The molecule has 2 unspecified atom stereocenters. The number of pyridine rings is 1. The first-order valence-electron chi connectivity index (χ1n) is 11.0. The third-order valence-corrected chi connectivity index (χ3v) is 7.08. The number of piperidine rings is 2. The summed E-state index contributed by atoms with van der Waals surface area (Å²) < 4.78 is 0. The van der Waals surface area contributed by atoms with Crippen LogP contribution < -0.4 is 5.32 Å². The van der Waals surface area contributed by atoms with Crippen LogP contribution in [0.3, 0.4) is 0 Å². The van der Waals surface area contributed by atoms with Crippen molar-refractivity contribution in [1.82, 2.24) is 25.0 Å². The van der Waals surface area contributed by atoms with E-state index >= 15 is 0 Å². The molecule has 0 spiro atoms. The van der Waals surface area contributed by atoms with E-state index in [0.717, 1.165) is 45.8 Å². The van der Waals surface area contributed by atoms with Crippen LogP contribution in [-0.4, -0.2) is 84.5 Å². The molecule has 6 nitrogen and oxygen atoms in total. The Kier molecular flexibility index (Phi) is 5.31. The topological polar surface area (TPSA) is 51.7 Å². The fraction of sp³-hybridized carbons (Fsp3) is 0.500. The summed E-state index contributed by atoms with van der Waals surface area (Å²) in [5, 5.41) is 3.50. The monoisotopic (exact) mass is 405 g/mol. The third kappa shape index (κ3) is 3.75.